The Morgan fingerprint density at radius 3 is 2.60 bits per heavy atom. The molecular formula is C18H15ClFN3O2. The molecule has 1 N–H and O–H groups in total. The van der Waals surface area contributed by atoms with E-state index < -0.39 is 5.91 Å². The van der Waals surface area contributed by atoms with E-state index in [9.17, 15) is 9.18 Å². The quantitative estimate of drug-likeness (QED) is 0.761. The van der Waals surface area contributed by atoms with Gasteiger partial charge in [0.25, 0.3) is 5.91 Å². The van der Waals surface area contributed by atoms with Crippen molar-refractivity contribution in [3.63, 3.8) is 0 Å². The Hall–Kier alpha value is -2.86. The minimum Gasteiger partial charge on any atom is -0.495 e. The van der Waals surface area contributed by atoms with Gasteiger partial charge < -0.3 is 10.1 Å². The topological polar surface area (TPSA) is 56.1 Å². The maximum absolute atomic E-state index is 13.1. The van der Waals surface area contributed by atoms with Crippen molar-refractivity contribution in [2.45, 2.75) is 0 Å². The van der Waals surface area contributed by atoms with Crippen molar-refractivity contribution in [3.05, 3.63) is 65.1 Å². The molecule has 1 heterocycles. The van der Waals surface area contributed by atoms with E-state index in [0.717, 1.165) is 5.56 Å². The molecule has 3 rings (SSSR count). The second-order valence-corrected chi connectivity index (χ2v) is 5.78. The summed E-state index contributed by atoms with van der Waals surface area (Å²) in [5.74, 6) is -0.228. The van der Waals surface area contributed by atoms with Crippen LogP contribution in [0.4, 0.5) is 10.1 Å². The fourth-order valence-electron chi connectivity index (χ4n) is 2.43. The molecule has 0 saturated heterocycles. The number of carbonyl (C=O) groups is 1. The van der Waals surface area contributed by atoms with Gasteiger partial charge in [-0.05, 0) is 54.1 Å². The molecule has 128 valence electrons. The first-order valence-electron chi connectivity index (χ1n) is 7.43. The van der Waals surface area contributed by atoms with Crippen LogP contribution in [0.3, 0.4) is 0 Å². The monoisotopic (exact) mass is 359 g/mol. The molecular weight excluding hydrogens is 345 g/mol. The number of amides is 1. The van der Waals surface area contributed by atoms with Crippen LogP contribution in [0.1, 0.15) is 10.5 Å². The van der Waals surface area contributed by atoms with Crippen molar-refractivity contribution < 1.29 is 13.9 Å². The number of aryl methyl sites for hydroxylation is 1. The van der Waals surface area contributed by atoms with E-state index in [1.807, 2.05) is 0 Å². The van der Waals surface area contributed by atoms with Crippen molar-refractivity contribution in [2.75, 3.05) is 12.4 Å². The summed E-state index contributed by atoms with van der Waals surface area (Å²) >= 11 is 5.97. The Bertz CT molecular complexity index is 923. The number of halogens is 2. The summed E-state index contributed by atoms with van der Waals surface area (Å²) < 4.78 is 19.9. The van der Waals surface area contributed by atoms with Gasteiger partial charge in [0, 0.05) is 12.1 Å². The molecule has 0 unspecified atom stereocenters. The second kappa shape index (κ2) is 6.94. The summed E-state index contributed by atoms with van der Waals surface area (Å²) in [5, 5.41) is 7.43. The van der Waals surface area contributed by atoms with E-state index in [1.165, 1.54) is 19.2 Å². The van der Waals surface area contributed by atoms with Gasteiger partial charge in [0.15, 0.2) is 5.69 Å². The van der Waals surface area contributed by atoms with Gasteiger partial charge in [-0.1, -0.05) is 11.6 Å². The molecule has 0 bridgehead atoms. The van der Waals surface area contributed by atoms with Crippen molar-refractivity contribution in [1.29, 1.82) is 0 Å². The number of methoxy groups -OCH3 is 1. The molecule has 2 aromatic carbocycles. The highest BCUT2D eigenvalue weighted by atomic mass is 35.5. The van der Waals surface area contributed by atoms with Crippen molar-refractivity contribution in [1.82, 2.24) is 9.78 Å². The number of aromatic nitrogens is 2. The number of rotatable bonds is 4. The summed E-state index contributed by atoms with van der Waals surface area (Å²) in [6.07, 6.45) is 0. The number of benzene rings is 2. The van der Waals surface area contributed by atoms with Gasteiger partial charge in [-0.25, -0.2) is 4.39 Å². The zero-order valence-corrected chi connectivity index (χ0v) is 14.3. The highest BCUT2D eigenvalue weighted by Gasteiger charge is 2.16. The SMILES string of the molecule is COc1ccc(Cl)cc1NC(=O)c1cc(-c2ccc(F)cc2)n(C)n1. The summed E-state index contributed by atoms with van der Waals surface area (Å²) in [5.41, 5.74) is 2.14. The summed E-state index contributed by atoms with van der Waals surface area (Å²) in [6.45, 7) is 0. The van der Waals surface area contributed by atoms with Crippen LogP contribution in [-0.2, 0) is 7.05 Å². The maximum atomic E-state index is 13.1. The average molecular weight is 360 g/mol. The molecule has 0 aliphatic heterocycles. The number of carbonyl (C=O) groups excluding carboxylic acids is 1. The first-order chi connectivity index (χ1) is 12.0. The van der Waals surface area contributed by atoms with E-state index in [2.05, 4.69) is 10.4 Å². The van der Waals surface area contributed by atoms with E-state index in [-0.39, 0.29) is 11.5 Å². The molecule has 0 aliphatic rings. The Balaban J connectivity index is 1.88. The average Bonchev–Trinajstić information content (AvgIpc) is 2.98. The van der Waals surface area contributed by atoms with Crippen LogP contribution in [0, 0.1) is 5.82 Å². The third kappa shape index (κ3) is 3.64. The Morgan fingerprint density at radius 1 is 1.20 bits per heavy atom. The maximum Gasteiger partial charge on any atom is 0.276 e. The van der Waals surface area contributed by atoms with Crippen LogP contribution in [0.15, 0.2) is 48.5 Å². The fraction of sp³-hybridized carbons (Fsp3) is 0.111. The van der Waals surface area contributed by atoms with Gasteiger partial charge in [0.05, 0.1) is 18.5 Å². The summed E-state index contributed by atoms with van der Waals surface area (Å²) in [7, 11) is 3.22. The van der Waals surface area contributed by atoms with Crippen molar-refractivity contribution in [2.24, 2.45) is 7.05 Å². The second-order valence-electron chi connectivity index (χ2n) is 5.34. The Kier molecular flexibility index (Phi) is 4.72. The van der Waals surface area contributed by atoms with Crippen LogP contribution in [0.2, 0.25) is 5.02 Å². The molecule has 25 heavy (non-hydrogen) atoms. The minimum atomic E-state index is -0.399. The highest BCUT2D eigenvalue weighted by Crippen LogP contribution is 2.28. The number of anilines is 1. The van der Waals surface area contributed by atoms with Crippen molar-refractivity contribution in [3.8, 4) is 17.0 Å². The third-order valence-corrected chi connectivity index (χ3v) is 3.90. The van der Waals surface area contributed by atoms with Gasteiger partial charge in [-0.2, -0.15) is 5.10 Å². The van der Waals surface area contributed by atoms with Gasteiger partial charge in [0.2, 0.25) is 0 Å². The minimum absolute atomic E-state index is 0.226. The predicted octanol–water partition coefficient (Wildman–Crippen LogP) is 4.14. The zero-order chi connectivity index (χ0) is 18.0. The number of nitrogens with one attached hydrogen (secondary N) is 1. The van der Waals surface area contributed by atoms with E-state index in [1.54, 1.807) is 48.1 Å². The van der Waals surface area contributed by atoms with Crippen molar-refractivity contribution >= 4 is 23.2 Å². The molecule has 5 nitrogen and oxygen atoms in total. The lowest BCUT2D eigenvalue weighted by Crippen LogP contribution is -2.13. The zero-order valence-electron chi connectivity index (χ0n) is 13.6. The molecule has 1 amide bonds. The lowest BCUT2D eigenvalue weighted by atomic mass is 10.1. The Labute approximate surface area is 149 Å². The molecule has 3 aromatic rings. The largest absolute Gasteiger partial charge is 0.495 e. The van der Waals surface area contributed by atoms with Gasteiger partial charge in [-0.15, -0.1) is 0 Å². The van der Waals surface area contributed by atoms with E-state index in [0.29, 0.717) is 22.2 Å². The van der Waals surface area contributed by atoms with Crippen LogP contribution in [0.25, 0.3) is 11.3 Å². The third-order valence-electron chi connectivity index (χ3n) is 3.66. The standard InChI is InChI=1S/C18H15ClFN3O2/c1-23-16(11-3-6-13(20)7-4-11)10-15(22-23)18(24)21-14-9-12(19)5-8-17(14)25-2/h3-10H,1-2H3,(H,21,24). The highest BCUT2D eigenvalue weighted by molar-refractivity contribution is 6.31. The molecule has 0 atom stereocenters. The first-order valence-corrected chi connectivity index (χ1v) is 7.80. The number of ether oxygens (including phenoxy) is 1. The number of nitrogens with zero attached hydrogens (tertiary/aromatic N) is 2. The van der Waals surface area contributed by atoms with E-state index >= 15 is 0 Å². The van der Waals surface area contributed by atoms with Crippen LogP contribution >= 0.6 is 11.6 Å². The fourth-order valence-corrected chi connectivity index (χ4v) is 2.61. The van der Waals surface area contributed by atoms with Gasteiger partial charge in [0.1, 0.15) is 11.6 Å². The molecule has 0 saturated carbocycles. The number of hydrogen-bond donors (Lipinski definition) is 1. The predicted molar refractivity (Wildman–Crippen MR) is 94.6 cm³/mol. The normalized spacial score (nSPS) is 10.6. The van der Waals surface area contributed by atoms with Gasteiger partial charge in [-0.3, -0.25) is 9.48 Å². The molecule has 0 fully saturated rings. The van der Waals surface area contributed by atoms with Gasteiger partial charge >= 0.3 is 0 Å². The summed E-state index contributed by atoms with van der Waals surface area (Å²) in [4.78, 5) is 12.5. The van der Waals surface area contributed by atoms with Crippen LogP contribution in [0.5, 0.6) is 5.75 Å². The molecule has 0 aliphatic carbocycles. The molecule has 0 radical (unpaired) electrons. The molecule has 7 heteroatoms. The van der Waals surface area contributed by atoms with E-state index in [4.69, 9.17) is 16.3 Å². The number of hydrogen-bond acceptors (Lipinski definition) is 3. The lowest BCUT2D eigenvalue weighted by molar-refractivity contribution is 0.102. The van der Waals surface area contributed by atoms with Crippen LogP contribution in [-0.4, -0.2) is 22.8 Å². The molecule has 1 aromatic heterocycles. The molecule has 0 spiro atoms. The summed E-state index contributed by atoms with van der Waals surface area (Å²) in [6, 6.07) is 12.6. The van der Waals surface area contributed by atoms with Crippen LogP contribution < -0.4 is 10.1 Å². The first kappa shape index (κ1) is 17.0. The Morgan fingerprint density at radius 2 is 1.92 bits per heavy atom. The lowest BCUT2D eigenvalue weighted by Gasteiger charge is -2.09. The smallest absolute Gasteiger partial charge is 0.276 e.